The Kier molecular flexibility index (Phi) is 7.77. The first-order chi connectivity index (χ1) is 6.18. The minimum absolute atomic E-state index is 0.401. The topological polar surface area (TPSA) is 35.5 Å². The molecular formula is C8H17O3PS. The van der Waals surface area contributed by atoms with Crippen LogP contribution in [-0.2, 0) is 13.6 Å². The fourth-order valence-electron chi connectivity index (χ4n) is 0.697. The highest BCUT2D eigenvalue weighted by Crippen LogP contribution is 2.49. The third-order valence-corrected chi connectivity index (χ3v) is 3.74. The molecule has 3 nitrogen and oxygen atoms in total. The number of hydrogen-bond donors (Lipinski definition) is 0. The summed E-state index contributed by atoms with van der Waals surface area (Å²) in [6.07, 6.45) is 0. The van der Waals surface area contributed by atoms with Crippen LogP contribution in [0, 0.1) is 0 Å². The molecule has 0 aromatic rings. The molecule has 0 atom stereocenters. The molecular weight excluding hydrogens is 207 g/mol. The van der Waals surface area contributed by atoms with Crippen LogP contribution in [-0.4, -0.2) is 19.0 Å². The largest absolute Gasteiger partial charge is 0.354 e. The van der Waals surface area contributed by atoms with E-state index in [1.807, 2.05) is 6.92 Å². The maximum absolute atomic E-state index is 11.7. The minimum atomic E-state index is -2.95. The average Bonchev–Trinajstić information content (AvgIpc) is 2.05. The standard InChI is InChI=1S/C8H17O3PS/c1-4-10-12(9,11-5-2)7-8-13-6-3/h7-8H,4-6H2,1-3H3/b8-7+. The molecule has 0 radical (unpaired) electrons. The zero-order chi connectivity index (χ0) is 10.2. The number of thioether (sulfide) groups is 1. The Hall–Kier alpha value is 0.240. The average molecular weight is 224 g/mol. The van der Waals surface area contributed by atoms with Crippen molar-refractivity contribution in [2.24, 2.45) is 0 Å². The fraction of sp³-hybridized carbons (Fsp3) is 0.750. The van der Waals surface area contributed by atoms with Crippen LogP contribution in [0.25, 0.3) is 0 Å². The molecule has 0 spiro atoms. The van der Waals surface area contributed by atoms with Gasteiger partial charge in [0.15, 0.2) is 0 Å². The zero-order valence-corrected chi connectivity index (χ0v) is 10.1. The molecule has 0 saturated carbocycles. The van der Waals surface area contributed by atoms with Crippen molar-refractivity contribution in [3.05, 3.63) is 11.2 Å². The van der Waals surface area contributed by atoms with Crippen LogP contribution in [0.3, 0.4) is 0 Å². The van der Waals surface area contributed by atoms with E-state index in [1.165, 1.54) is 5.82 Å². The van der Waals surface area contributed by atoms with Crippen molar-refractivity contribution in [3.8, 4) is 0 Å². The van der Waals surface area contributed by atoms with E-state index in [0.29, 0.717) is 13.2 Å². The summed E-state index contributed by atoms with van der Waals surface area (Å²) >= 11 is 1.57. The first kappa shape index (κ1) is 13.2. The highest BCUT2D eigenvalue weighted by Gasteiger charge is 2.18. The first-order valence-corrected chi connectivity index (χ1v) is 7.02. The van der Waals surface area contributed by atoms with Crippen molar-refractivity contribution < 1.29 is 13.6 Å². The van der Waals surface area contributed by atoms with Crippen LogP contribution in [0.2, 0.25) is 0 Å². The third-order valence-electron chi connectivity index (χ3n) is 1.12. The normalized spacial score (nSPS) is 12.5. The second-order valence-electron chi connectivity index (χ2n) is 2.12. The van der Waals surface area contributed by atoms with Crippen LogP contribution in [0.4, 0.5) is 0 Å². The Morgan fingerprint density at radius 1 is 1.23 bits per heavy atom. The summed E-state index contributed by atoms with van der Waals surface area (Å²) in [5.41, 5.74) is 0. The fourth-order valence-corrected chi connectivity index (χ4v) is 2.80. The van der Waals surface area contributed by atoms with Gasteiger partial charge >= 0.3 is 7.60 Å². The molecule has 5 heteroatoms. The molecule has 78 valence electrons. The highest BCUT2D eigenvalue weighted by molar-refractivity contribution is 8.02. The second kappa shape index (κ2) is 7.63. The summed E-state index contributed by atoms with van der Waals surface area (Å²) < 4.78 is 21.8. The van der Waals surface area contributed by atoms with Gasteiger partial charge in [0.2, 0.25) is 0 Å². The van der Waals surface area contributed by atoms with Crippen LogP contribution in [0.5, 0.6) is 0 Å². The molecule has 13 heavy (non-hydrogen) atoms. The van der Waals surface area contributed by atoms with Crippen molar-refractivity contribution in [2.75, 3.05) is 19.0 Å². The van der Waals surface area contributed by atoms with Crippen molar-refractivity contribution in [3.63, 3.8) is 0 Å². The maximum Gasteiger partial charge on any atom is 0.354 e. The monoisotopic (exact) mass is 224 g/mol. The summed E-state index contributed by atoms with van der Waals surface area (Å²) in [6, 6.07) is 0. The van der Waals surface area contributed by atoms with Gasteiger partial charge in [0.1, 0.15) is 0 Å². The summed E-state index contributed by atoms with van der Waals surface area (Å²) in [6.45, 7) is 6.43. The Bertz CT molecular complexity index is 184. The predicted molar refractivity (Wildman–Crippen MR) is 58.1 cm³/mol. The van der Waals surface area contributed by atoms with Gasteiger partial charge in [-0.3, -0.25) is 4.57 Å². The van der Waals surface area contributed by atoms with Crippen LogP contribution in [0.1, 0.15) is 20.8 Å². The Morgan fingerprint density at radius 2 is 1.77 bits per heavy atom. The molecule has 0 aromatic heterocycles. The summed E-state index contributed by atoms with van der Waals surface area (Å²) in [4.78, 5) is 0. The summed E-state index contributed by atoms with van der Waals surface area (Å²) in [5.74, 6) is 2.48. The molecule has 0 fully saturated rings. The maximum atomic E-state index is 11.7. The Labute approximate surface area is 84.4 Å². The lowest BCUT2D eigenvalue weighted by Crippen LogP contribution is -1.92. The van der Waals surface area contributed by atoms with Gasteiger partial charge in [-0.2, -0.15) is 0 Å². The third kappa shape index (κ3) is 6.33. The number of rotatable bonds is 7. The zero-order valence-electron chi connectivity index (χ0n) is 8.36. The molecule has 0 saturated heterocycles. The van der Waals surface area contributed by atoms with E-state index in [0.717, 1.165) is 5.75 Å². The van der Waals surface area contributed by atoms with Gasteiger partial charge < -0.3 is 9.05 Å². The molecule has 0 N–H and O–H groups in total. The van der Waals surface area contributed by atoms with Crippen molar-refractivity contribution >= 4 is 19.4 Å². The lowest BCUT2D eigenvalue weighted by atomic mass is 10.9. The van der Waals surface area contributed by atoms with Crippen LogP contribution < -0.4 is 0 Å². The Morgan fingerprint density at radius 3 is 2.15 bits per heavy atom. The van der Waals surface area contributed by atoms with Crippen molar-refractivity contribution in [1.29, 1.82) is 0 Å². The lowest BCUT2D eigenvalue weighted by molar-refractivity contribution is 0.229. The van der Waals surface area contributed by atoms with Gasteiger partial charge in [-0.15, -0.1) is 11.8 Å². The molecule has 0 unspecified atom stereocenters. The van der Waals surface area contributed by atoms with E-state index in [1.54, 1.807) is 31.0 Å². The minimum Gasteiger partial charge on any atom is -0.306 e. The van der Waals surface area contributed by atoms with E-state index in [4.69, 9.17) is 9.05 Å². The lowest BCUT2D eigenvalue weighted by Gasteiger charge is -2.12. The summed E-state index contributed by atoms with van der Waals surface area (Å²) in [7, 11) is -2.95. The van der Waals surface area contributed by atoms with Gasteiger partial charge in [0, 0.05) is 5.82 Å². The van der Waals surface area contributed by atoms with Crippen molar-refractivity contribution in [1.82, 2.24) is 0 Å². The second-order valence-corrected chi connectivity index (χ2v) is 5.19. The van der Waals surface area contributed by atoms with E-state index < -0.39 is 7.60 Å². The van der Waals surface area contributed by atoms with E-state index in [2.05, 4.69) is 0 Å². The van der Waals surface area contributed by atoms with Gasteiger partial charge in [0.25, 0.3) is 0 Å². The molecule has 0 aliphatic carbocycles. The predicted octanol–water partition coefficient (Wildman–Crippen LogP) is 3.48. The Balaban J connectivity index is 4.14. The quantitative estimate of drug-likeness (QED) is 0.620. The smallest absolute Gasteiger partial charge is 0.306 e. The van der Waals surface area contributed by atoms with Gasteiger partial charge in [-0.25, -0.2) is 0 Å². The molecule has 0 aliphatic rings. The number of hydrogen-bond acceptors (Lipinski definition) is 4. The molecule has 0 aromatic carbocycles. The molecule has 0 heterocycles. The summed E-state index contributed by atoms with van der Waals surface area (Å²) in [5, 5.41) is 1.77. The molecule has 0 rings (SSSR count). The van der Waals surface area contributed by atoms with Gasteiger partial charge in [-0.1, -0.05) is 6.92 Å². The van der Waals surface area contributed by atoms with E-state index in [9.17, 15) is 4.57 Å². The van der Waals surface area contributed by atoms with Crippen molar-refractivity contribution in [2.45, 2.75) is 20.8 Å². The first-order valence-electron chi connectivity index (χ1n) is 4.36. The SMILES string of the molecule is CCOP(=O)(/C=C/SCC)OCC. The van der Waals surface area contributed by atoms with Gasteiger partial charge in [0.05, 0.1) is 13.2 Å². The molecule has 0 bridgehead atoms. The van der Waals surface area contributed by atoms with Crippen LogP contribution >= 0.6 is 19.4 Å². The van der Waals surface area contributed by atoms with Crippen LogP contribution in [0.15, 0.2) is 11.2 Å². The van der Waals surface area contributed by atoms with E-state index >= 15 is 0 Å². The highest BCUT2D eigenvalue weighted by atomic mass is 32.2. The van der Waals surface area contributed by atoms with E-state index in [-0.39, 0.29) is 0 Å². The van der Waals surface area contributed by atoms with Gasteiger partial charge in [-0.05, 0) is 25.0 Å². The molecule has 0 amide bonds. The molecule has 0 aliphatic heterocycles.